The predicted octanol–water partition coefficient (Wildman–Crippen LogP) is 3.53. The number of hydrogen-bond donors (Lipinski definition) is 2. The molecular weight excluding hydrogens is 254 g/mol. The Morgan fingerprint density at radius 2 is 1.65 bits per heavy atom. The summed E-state index contributed by atoms with van der Waals surface area (Å²) >= 11 is 0. The first kappa shape index (κ1) is 13.7. The van der Waals surface area contributed by atoms with Crippen LogP contribution < -0.4 is 10.1 Å². The minimum absolute atomic E-state index is 0.120. The third kappa shape index (κ3) is 3.88. The first-order valence-corrected chi connectivity index (χ1v) is 6.13. The number of para-hydroxylation sites is 1. The Hall–Kier alpha value is -2.75. The lowest BCUT2D eigenvalue weighted by Gasteiger charge is -2.08. The summed E-state index contributed by atoms with van der Waals surface area (Å²) in [6.45, 7) is 3.66. The number of benzene rings is 2. The van der Waals surface area contributed by atoms with Gasteiger partial charge in [-0.05, 0) is 36.4 Å². The lowest BCUT2D eigenvalue weighted by molar-refractivity contribution is -0.132. The van der Waals surface area contributed by atoms with E-state index >= 15 is 0 Å². The van der Waals surface area contributed by atoms with Gasteiger partial charge in [0, 0.05) is 17.8 Å². The number of ether oxygens (including phenoxy) is 1. The molecule has 0 spiro atoms. The van der Waals surface area contributed by atoms with Crippen molar-refractivity contribution in [3.63, 3.8) is 0 Å². The molecule has 0 saturated carbocycles. The molecule has 0 amide bonds. The van der Waals surface area contributed by atoms with Crippen molar-refractivity contribution < 1.29 is 14.6 Å². The molecule has 0 radical (unpaired) electrons. The molecule has 4 heteroatoms. The molecule has 0 unspecified atom stereocenters. The van der Waals surface area contributed by atoms with Crippen LogP contribution in [-0.2, 0) is 4.79 Å². The lowest BCUT2D eigenvalue weighted by atomic mass is 10.2. The van der Waals surface area contributed by atoms with E-state index in [4.69, 9.17) is 9.84 Å². The number of aliphatic carboxylic acids is 1. The molecule has 20 heavy (non-hydrogen) atoms. The zero-order chi connectivity index (χ0) is 14.4. The largest absolute Gasteiger partial charge is 0.478 e. The zero-order valence-electron chi connectivity index (χ0n) is 10.9. The van der Waals surface area contributed by atoms with E-state index in [-0.39, 0.29) is 12.1 Å². The van der Waals surface area contributed by atoms with Crippen LogP contribution in [-0.4, -0.2) is 17.6 Å². The molecule has 0 aliphatic carbocycles. The van der Waals surface area contributed by atoms with E-state index in [1.165, 1.54) is 0 Å². The Kier molecular flexibility index (Phi) is 4.39. The summed E-state index contributed by atoms with van der Waals surface area (Å²) in [5.74, 6) is 0.493. The van der Waals surface area contributed by atoms with E-state index in [0.29, 0.717) is 0 Å². The van der Waals surface area contributed by atoms with Crippen LogP contribution in [0.3, 0.4) is 0 Å². The van der Waals surface area contributed by atoms with Crippen molar-refractivity contribution in [3.05, 3.63) is 66.7 Å². The highest BCUT2D eigenvalue weighted by molar-refractivity contribution is 5.86. The Labute approximate surface area is 117 Å². The van der Waals surface area contributed by atoms with Crippen LogP contribution in [0, 0.1) is 0 Å². The Morgan fingerprint density at radius 3 is 2.25 bits per heavy atom. The van der Waals surface area contributed by atoms with E-state index in [1.807, 2.05) is 54.6 Å². The number of carboxylic acid groups (broad SMARTS) is 1. The van der Waals surface area contributed by atoms with E-state index < -0.39 is 5.97 Å². The first-order chi connectivity index (χ1) is 9.65. The van der Waals surface area contributed by atoms with Gasteiger partial charge in [-0.25, -0.2) is 4.79 Å². The molecule has 2 aromatic rings. The van der Waals surface area contributed by atoms with Crippen molar-refractivity contribution in [2.45, 2.75) is 0 Å². The standard InChI is InChI=1S/C16H15NO3/c1-12(16(18)19)11-17-13-7-9-15(10-8-13)20-14-5-3-2-4-6-14/h2-10,17H,1,11H2,(H,18,19). The van der Waals surface area contributed by atoms with E-state index in [2.05, 4.69) is 11.9 Å². The topological polar surface area (TPSA) is 58.6 Å². The van der Waals surface area contributed by atoms with E-state index in [1.54, 1.807) is 0 Å². The summed E-state index contributed by atoms with van der Waals surface area (Å²) in [5, 5.41) is 11.7. The second kappa shape index (κ2) is 6.43. The minimum atomic E-state index is -0.999. The predicted molar refractivity (Wildman–Crippen MR) is 78.2 cm³/mol. The van der Waals surface area contributed by atoms with Crippen LogP contribution in [0.25, 0.3) is 0 Å². The van der Waals surface area contributed by atoms with E-state index in [0.717, 1.165) is 17.2 Å². The molecule has 0 fully saturated rings. The Morgan fingerprint density at radius 1 is 1.05 bits per heavy atom. The molecule has 2 aromatic carbocycles. The van der Waals surface area contributed by atoms with Gasteiger partial charge < -0.3 is 15.2 Å². The molecule has 0 aliphatic rings. The van der Waals surface area contributed by atoms with Crippen LogP contribution in [0.15, 0.2) is 66.7 Å². The van der Waals surface area contributed by atoms with Gasteiger partial charge in [0.1, 0.15) is 11.5 Å². The molecule has 0 bridgehead atoms. The Balaban J connectivity index is 1.93. The number of anilines is 1. The van der Waals surface area contributed by atoms with Crippen LogP contribution in [0.4, 0.5) is 5.69 Å². The van der Waals surface area contributed by atoms with E-state index in [9.17, 15) is 4.79 Å². The minimum Gasteiger partial charge on any atom is -0.478 e. The molecular formula is C16H15NO3. The van der Waals surface area contributed by atoms with Gasteiger partial charge in [0.25, 0.3) is 0 Å². The summed E-state index contributed by atoms with van der Waals surface area (Å²) < 4.78 is 5.66. The van der Waals surface area contributed by atoms with Crippen molar-refractivity contribution in [1.82, 2.24) is 0 Å². The van der Waals surface area contributed by atoms with Crippen molar-refractivity contribution in [2.75, 3.05) is 11.9 Å². The fraction of sp³-hybridized carbons (Fsp3) is 0.0625. The van der Waals surface area contributed by atoms with Gasteiger partial charge in [0.15, 0.2) is 0 Å². The summed E-state index contributed by atoms with van der Waals surface area (Å²) in [7, 11) is 0. The summed E-state index contributed by atoms with van der Waals surface area (Å²) in [6.07, 6.45) is 0. The second-order valence-corrected chi connectivity index (χ2v) is 4.20. The smallest absolute Gasteiger partial charge is 0.332 e. The highest BCUT2D eigenvalue weighted by Crippen LogP contribution is 2.22. The van der Waals surface area contributed by atoms with Crippen LogP contribution in [0.1, 0.15) is 0 Å². The summed E-state index contributed by atoms with van der Waals surface area (Å²) in [4.78, 5) is 10.6. The number of carboxylic acids is 1. The summed E-state index contributed by atoms with van der Waals surface area (Å²) in [6, 6.07) is 16.8. The van der Waals surface area contributed by atoms with Crippen molar-refractivity contribution >= 4 is 11.7 Å². The maximum absolute atomic E-state index is 10.6. The SMILES string of the molecule is C=C(CNc1ccc(Oc2ccccc2)cc1)C(=O)O. The van der Waals surface area contributed by atoms with Gasteiger partial charge in [0.05, 0.1) is 0 Å². The number of nitrogens with one attached hydrogen (secondary N) is 1. The lowest BCUT2D eigenvalue weighted by Crippen LogP contribution is -2.10. The fourth-order valence-electron chi connectivity index (χ4n) is 1.55. The number of hydrogen-bond acceptors (Lipinski definition) is 3. The first-order valence-electron chi connectivity index (χ1n) is 6.13. The zero-order valence-corrected chi connectivity index (χ0v) is 10.9. The van der Waals surface area contributed by atoms with Crippen LogP contribution >= 0.6 is 0 Å². The highest BCUT2D eigenvalue weighted by Gasteiger charge is 2.03. The number of rotatable bonds is 6. The maximum Gasteiger partial charge on any atom is 0.332 e. The van der Waals surface area contributed by atoms with Crippen LogP contribution in [0.2, 0.25) is 0 Å². The van der Waals surface area contributed by atoms with Gasteiger partial charge in [-0.2, -0.15) is 0 Å². The van der Waals surface area contributed by atoms with Gasteiger partial charge >= 0.3 is 5.97 Å². The normalized spacial score (nSPS) is 9.80. The maximum atomic E-state index is 10.6. The van der Waals surface area contributed by atoms with Gasteiger partial charge in [0.2, 0.25) is 0 Å². The third-order valence-corrected chi connectivity index (χ3v) is 2.64. The molecule has 0 aromatic heterocycles. The van der Waals surface area contributed by atoms with Gasteiger partial charge in [-0.3, -0.25) is 0 Å². The monoisotopic (exact) mass is 269 g/mol. The summed E-state index contributed by atoms with van der Waals surface area (Å²) in [5.41, 5.74) is 0.933. The van der Waals surface area contributed by atoms with Crippen LogP contribution in [0.5, 0.6) is 11.5 Å². The molecule has 4 nitrogen and oxygen atoms in total. The van der Waals surface area contributed by atoms with Gasteiger partial charge in [-0.15, -0.1) is 0 Å². The van der Waals surface area contributed by atoms with Crippen molar-refractivity contribution in [3.8, 4) is 11.5 Å². The third-order valence-electron chi connectivity index (χ3n) is 2.64. The number of carbonyl (C=O) groups is 1. The average Bonchev–Trinajstić information content (AvgIpc) is 2.47. The quantitative estimate of drug-likeness (QED) is 0.788. The fourth-order valence-corrected chi connectivity index (χ4v) is 1.55. The van der Waals surface area contributed by atoms with Crippen molar-refractivity contribution in [2.24, 2.45) is 0 Å². The van der Waals surface area contributed by atoms with Gasteiger partial charge in [-0.1, -0.05) is 24.8 Å². The Bertz CT molecular complexity index is 591. The molecule has 0 atom stereocenters. The molecule has 0 heterocycles. The molecule has 102 valence electrons. The molecule has 0 aliphatic heterocycles. The van der Waals surface area contributed by atoms with Crippen molar-refractivity contribution in [1.29, 1.82) is 0 Å². The molecule has 0 saturated heterocycles. The average molecular weight is 269 g/mol. The second-order valence-electron chi connectivity index (χ2n) is 4.20. The molecule has 2 rings (SSSR count). The highest BCUT2D eigenvalue weighted by atomic mass is 16.5. The molecule has 2 N–H and O–H groups in total.